The lowest BCUT2D eigenvalue weighted by Crippen LogP contribution is -2.45. The third kappa shape index (κ3) is 5.64. The number of likely N-dealkylation sites (tertiary alicyclic amines) is 1. The molecule has 0 saturated carbocycles. The monoisotopic (exact) mass is 374 g/mol. The van der Waals surface area contributed by atoms with Crippen molar-refractivity contribution in [3.8, 4) is 0 Å². The highest BCUT2D eigenvalue weighted by Crippen LogP contribution is 2.22. The van der Waals surface area contributed by atoms with E-state index in [9.17, 15) is 24.3 Å². The fraction of sp³-hybridized carbons (Fsp3) is 0.500. The number of carboxylic acid groups (broad SMARTS) is 1. The highest BCUT2D eigenvalue weighted by atomic mass is 16.4. The van der Waals surface area contributed by atoms with Crippen molar-refractivity contribution in [1.29, 1.82) is 0 Å². The molecule has 0 aliphatic carbocycles. The van der Waals surface area contributed by atoms with E-state index in [-0.39, 0.29) is 24.0 Å². The first-order valence-electron chi connectivity index (χ1n) is 9.16. The number of hydrogen-bond donors (Lipinski definition) is 2. The molecule has 1 aromatic carbocycles. The molecule has 2 amide bonds. The third-order valence-corrected chi connectivity index (χ3v) is 4.80. The molecule has 2 N–H and O–H groups in total. The molecule has 1 aliphatic rings. The van der Waals surface area contributed by atoms with Crippen LogP contribution in [0.15, 0.2) is 30.3 Å². The smallest absolute Gasteiger partial charge is 0.326 e. The van der Waals surface area contributed by atoms with Crippen LogP contribution in [-0.4, -0.2) is 52.2 Å². The normalized spacial score (nSPS) is 18.6. The molecular formula is C20H26N2O5. The standard InChI is InChI=1S/C20H26N2O5/c1-13(19(25)22-10-6-9-17(22)20(26)27)11-18(24)16(21-14(2)23)12-15-7-4-3-5-8-15/h3-5,7-8,13,16-17H,6,9-12H2,1-2H3,(H,21,23)(H,26,27)/t13?,16?,17-/m0/s1. The van der Waals surface area contributed by atoms with Crippen LogP contribution in [0.1, 0.15) is 38.7 Å². The minimum atomic E-state index is -1.01. The van der Waals surface area contributed by atoms with E-state index in [1.807, 2.05) is 30.3 Å². The summed E-state index contributed by atoms with van der Waals surface area (Å²) in [4.78, 5) is 49.5. The largest absolute Gasteiger partial charge is 0.480 e. The van der Waals surface area contributed by atoms with Crippen molar-refractivity contribution < 1.29 is 24.3 Å². The summed E-state index contributed by atoms with van der Waals surface area (Å²) in [6.45, 7) is 3.37. The predicted molar refractivity (Wildman–Crippen MR) is 98.9 cm³/mol. The van der Waals surface area contributed by atoms with Gasteiger partial charge in [-0.15, -0.1) is 0 Å². The quantitative estimate of drug-likeness (QED) is 0.716. The molecule has 7 heteroatoms. The molecule has 2 rings (SSSR count). The van der Waals surface area contributed by atoms with E-state index >= 15 is 0 Å². The van der Waals surface area contributed by atoms with E-state index < -0.39 is 24.0 Å². The maximum atomic E-state index is 12.7. The minimum Gasteiger partial charge on any atom is -0.480 e. The van der Waals surface area contributed by atoms with Crippen LogP contribution in [0.5, 0.6) is 0 Å². The number of carboxylic acids is 1. The van der Waals surface area contributed by atoms with Gasteiger partial charge in [0.15, 0.2) is 5.78 Å². The number of nitrogens with zero attached hydrogens (tertiary/aromatic N) is 1. The molecule has 1 heterocycles. The Hall–Kier alpha value is -2.70. The van der Waals surface area contributed by atoms with Gasteiger partial charge >= 0.3 is 5.97 Å². The Morgan fingerprint density at radius 1 is 1.22 bits per heavy atom. The molecule has 2 unspecified atom stereocenters. The summed E-state index contributed by atoms with van der Waals surface area (Å²) in [5.41, 5.74) is 0.911. The first-order chi connectivity index (χ1) is 12.8. The summed E-state index contributed by atoms with van der Waals surface area (Å²) < 4.78 is 0. The second kappa shape index (κ2) is 9.30. The van der Waals surface area contributed by atoms with Crippen molar-refractivity contribution in [3.05, 3.63) is 35.9 Å². The van der Waals surface area contributed by atoms with Gasteiger partial charge in [-0.25, -0.2) is 4.79 Å². The van der Waals surface area contributed by atoms with Crippen molar-refractivity contribution >= 4 is 23.6 Å². The van der Waals surface area contributed by atoms with E-state index in [2.05, 4.69) is 5.32 Å². The lowest BCUT2D eigenvalue weighted by Gasteiger charge is -2.25. The lowest BCUT2D eigenvalue weighted by atomic mass is 9.94. The number of rotatable bonds is 8. The lowest BCUT2D eigenvalue weighted by molar-refractivity contribution is -0.150. The van der Waals surface area contributed by atoms with Crippen LogP contribution in [0.4, 0.5) is 0 Å². The summed E-state index contributed by atoms with van der Waals surface area (Å²) in [6, 6.07) is 7.80. The van der Waals surface area contributed by atoms with Crippen LogP contribution in [0, 0.1) is 5.92 Å². The second-order valence-corrected chi connectivity index (χ2v) is 7.04. The second-order valence-electron chi connectivity index (χ2n) is 7.04. The third-order valence-electron chi connectivity index (χ3n) is 4.80. The van der Waals surface area contributed by atoms with Gasteiger partial charge in [-0.1, -0.05) is 37.3 Å². The number of carbonyl (C=O) groups is 4. The van der Waals surface area contributed by atoms with Gasteiger partial charge in [0.2, 0.25) is 11.8 Å². The molecule has 0 radical (unpaired) electrons. The number of hydrogen-bond acceptors (Lipinski definition) is 4. The Kier molecular flexibility index (Phi) is 7.10. The van der Waals surface area contributed by atoms with Crippen LogP contribution < -0.4 is 5.32 Å². The Morgan fingerprint density at radius 2 is 1.89 bits per heavy atom. The van der Waals surface area contributed by atoms with Gasteiger partial charge in [0.05, 0.1) is 6.04 Å². The highest BCUT2D eigenvalue weighted by Gasteiger charge is 2.36. The Balaban J connectivity index is 2.03. The van der Waals surface area contributed by atoms with Crippen molar-refractivity contribution in [3.63, 3.8) is 0 Å². The molecule has 0 bridgehead atoms. The number of ketones is 1. The van der Waals surface area contributed by atoms with E-state index in [1.165, 1.54) is 11.8 Å². The van der Waals surface area contributed by atoms with Crippen LogP contribution in [0.2, 0.25) is 0 Å². The Bertz CT molecular complexity index is 704. The fourth-order valence-electron chi connectivity index (χ4n) is 3.44. The first kappa shape index (κ1) is 20.6. The molecule has 0 spiro atoms. The molecule has 146 valence electrons. The summed E-state index contributed by atoms with van der Waals surface area (Å²) in [7, 11) is 0. The summed E-state index contributed by atoms with van der Waals surface area (Å²) >= 11 is 0. The van der Waals surface area contributed by atoms with Crippen molar-refractivity contribution in [1.82, 2.24) is 10.2 Å². The molecular weight excluding hydrogens is 348 g/mol. The van der Waals surface area contributed by atoms with Crippen LogP contribution in [0.25, 0.3) is 0 Å². The zero-order chi connectivity index (χ0) is 20.0. The van der Waals surface area contributed by atoms with Crippen LogP contribution >= 0.6 is 0 Å². The minimum absolute atomic E-state index is 0.0422. The van der Waals surface area contributed by atoms with Gasteiger partial charge in [0.1, 0.15) is 6.04 Å². The number of nitrogens with one attached hydrogen (secondary N) is 1. The van der Waals surface area contributed by atoms with Gasteiger partial charge in [-0.2, -0.15) is 0 Å². The number of amides is 2. The number of Topliss-reactive ketones (excluding diaryl/α,β-unsaturated/α-hetero) is 1. The van der Waals surface area contributed by atoms with Gasteiger partial charge in [0, 0.05) is 25.8 Å². The Morgan fingerprint density at radius 3 is 2.48 bits per heavy atom. The molecule has 3 atom stereocenters. The summed E-state index contributed by atoms with van der Waals surface area (Å²) in [6.07, 6.45) is 1.39. The van der Waals surface area contributed by atoms with Gasteiger partial charge in [0.25, 0.3) is 0 Å². The number of carbonyl (C=O) groups excluding carboxylic acids is 3. The van der Waals surface area contributed by atoms with Crippen LogP contribution in [-0.2, 0) is 25.6 Å². The molecule has 1 fully saturated rings. The van der Waals surface area contributed by atoms with E-state index in [4.69, 9.17) is 0 Å². The molecule has 1 aliphatic heterocycles. The van der Waals surface area contributed by atoms with Crippen molar-refractivity contribution in [2.24, 2.45) is 5.92 Å². The Labute approximate surface area is 158 Å². The molecule has 0 aromatic heterocycles. The van der Waals surface area contributed by atoms with Gasteiger partial charge in [-0.3, -0.25) is 14.4 Å². The zero-order valence-electron chi connectivity index (χ0n) is 15.7. The van der Waals surface area contributed by atoms with Crippen molar-refractivity contribution in [2.45, 2.75) is 51.6 Å². The number of benzene rings is 1. The molecule has 1 saturated heterocycles. The average Bonchev–Trinajstić information content (AvgIpc) is 3.11. The molecule has 7 nitrogen and oxygen atoms in total. The SMILES string of the molecule is CC(=O)NC(Cc1ccccc1)C(=O)CC(C)C(=O)N1CCC[C@H]1C(=O)O. The summed E-state index contributed by atoms with van der Waals surface area (Å²) in [5.74, 6) is -2.52. The van der Waals surface area contributed by atoms with E-state index in [0.29, 0.717) is 25.8 Å². The molecule has 27 heavy (non-hydrogen) atoms. The predicted octanol–water partition coefficient (Wildman–Crippen LogP) is 1.40. The maximum Gasteiger partial charge on any atom is 0.326 e. The molecule has 1 aromatic rings. The number of aliphatic carboxylic acids is 1. The maximum absolute atomic E-state index is 12.7. The average molecular weight is 374 g/mol. The topological polar surface area (TPSA) is 104 Å². The fourth-order valence-corrected chi connectivity index (χ4v) is 3.44. The van der Waals surface area contributed by atoms with E-state index in [0.717, 1.165) is 5.56 Å². The zero-order valence-corrected chi connectivity index (χ0v) is 15.7. The van der Waals surface area contributed by atoms with Crippen molar-refractivity contribution in [2.75, 3.05) is 6.54 Å². The van der Waals surface area contributed by atoms with Gasteiger partial charge in [-0.05, 0) is 24.8 Å². The first-order valence-corrected chi connectivity index (χ1v) is 9.16. The summed E-state index contributed by atoms with van der Waals surface area (Å²) in [5, 5.41) is 11.9. The van der Waals surface area contributed by atoms with Crippen LogP contribution in [0.3, 0.4) is 0 Å². The van der Waals surface area contributed by atoms with Gasteiger partial charge < -0.3 is 15.3 Å². The highest BCUT2D eigenvalue weighted by molar-refractivity contribution is 5.93. The van der Waals surface area contributed by atoms with E-state index in [1.54, 1.807) is 6.92 Å².